The fourth-order valence-electron chi connectivity index (χ4n) is 3.15. The standard InChI is InChI=1S/C19H19N3O3/c20-12-16-11-17(22(23)24)8-9-19(16)21-10-4-5-15(13-21)14-25-18-6-2-1-3-7-18/h1-3,6-9,11,15H,4-5,10,13-14H2. The molecular formula is C19H19N3O3. The Hall–Kier alpha value is -3.07. The summed E-state index contributed by atoms with van der Waals surface area (Å²) in [7, 11) is 0. The van der Waals surface area contributed by atoms with Gasteiger partial charge in [0.2, 0.25) is 0 Å². The van der Waals surface area contributed by atoms with E-state index in [4.69, 9.17) is 4.74 Å². The molecule has 128 valence electrons. The molecule has 0 N–H and O–H groups in total. The van der Waals surface area contributed by atoms with Crippen LogP contribution in [0, 0.1) is 27.4 Å². The van der Waals surface area contributed by atoms with Crippen LogP contribution in [0.4, 0.5) is 11.4 Å². The molecule has 0 bridgehead atoms. The minimum atomic E-state index is -0.475. The van der Waals surface area contributed by atoms with E-state index in [0.717, 1.165) is 37.4 Å². The lowest BCUT2D eigenvalue weighted by molar-refractivity contribution is -0.384. The molecule has 1 fully saturated rings. The molecule has 1 heterocycles. The van der Waals surface area contributed by atoms with Crippen molar-refractivity contribution in [1.82, 2.24) is 0 Å². The predicted molar refractivity (Wildman–Crippen MR) is 94.7 cm³/mol. The molecule has 1 atom stereocenters. The van der Waals surface area contributed by atoms with E-state index in [-0.39, 0.29) is 5.69 Å². The van der Waals surface area contributed by atoms with E-state index in [1.807, 2.05) is 30.3 Å². The first kappa shape index (κ1) is 16.8. The van der Waals surface area contributed by atoms with Gasteiger partial charge in [-0.25, -0.2) is 0 Å². The molecule has 0 saturated carbocycles. The number of nitro benzene ring substituents is 1. The van der Waals surface area contributed by atoms with Crippen molar-refractivity contribution in [3.8, 4) is 11.8 Å². The van der Waals surface area contributed by atoms with Crippen LogP contribution in [-0.2, 0) is 0 Å². The van der Waals surface area contributed by atoms with E-state index < -0.39 is 4.92 Å². The van der Waals surface area contributed by atoms with Crippen LogP contribution >= 0.6 is 0 Å². The molecule has 0 amide bonds. The van der Waals surface area contributed by atoms with Crippen molar-refractivity contribution in [3.05, 3.63) is 64.2 Å². The highest BCUT2D eigenvalue weighted by atomic mass is 16.6. The number of nitriles is 1. The molecule has 1 aliphatic heterocycles. The second kappa shape index (κ2) is 7.67. The van der Waals surface area contributed by atoms with Gasteiger partial charge in [0.25, 0.3) is 5.69 Å². The number of ether oxygens (including phenoxy) is 1. The van der Waals surface area contributed by atoms with Crippen LogP contribution in [0.5, 0.6) is 5.75 Å². The van der Waals surface area contributed by atoms with E-state index in [1.165, 1.54) is 12.1 Å². The minimum absolute atomic E-state index is 0.0544. The molecular weight excluding hydrogens is 318 g/mol. The fourth-order valence-corrected chi connectivity index (χ4v) is 3.15. The quantitative estimate of drug-likeness (QED) is 0.613. The molecule has 0 aliphatic carbocycles. The lowest BCUT2D eigenvalue weighted by Crippen LogP contribution is -2.38. The van der Waals surface area contributed by atoms with Gasteiger partial charge >= 0.3 is 0 Å². The number of non-ortho nitro benzene ring substituents is 1. The van der Waals surface area contributed by atoms with Crippen LogP contribution < -0.4 is 9.64 Å². The van der Waals surface area contributed by atoms with Crippen LogP contribution in [0.25, 0.3) is 0 Å². The second-order valence-corrected chi connectivity index (χ2v) is 6.15. The molecule has 3 rings (SSSR count). The van der Waals surface area contributed by atoms with Gasteiger partial charge in [-0.1, -0.05) is 18.2 Å². The molecule has 25 heavy (non-hydrogen) atoms. The third-order valence-corrected chi connectivity index (χ3v) is 4.40. The van der Waals surface area contributed by atoms with Crippen LogP contribution in [0.1, 0.15) is 18.4 Å². The Kier molecular flexibility index (Phi) is 5.14. The third-order valence-electron chi connectivity index (χ3n) is 4.40. The van der Waals surface area contributed by atoms with Crippen molar-refractivity contribution in [2.24, 2.45) is 5.92 Å². The molecule has 2 aromatic carbocycles. The number of piperidine rings is 1. The highest BCUT2D eigenvalue weighted by Gasteiger charge is 2.23. The second-order valence-electron chi connectivity index (χ2n) is 6.15. The van der Waals surface area contributed by atoms with E-state index in [9.17, 15) is 15.4 Å². The lowest BCUT2D eigenvalue weighted by atomic mass is 9.97. The minimum Gasteiger partial charge on any atom is -0.493 e. The Morgan fingerprint density at radius 1 is 1.28 bits per heavy atom. The van der Waals surface area contributed by atoms with E-state index in [0.29, 0.717) is 18.1 Å². The van der Waals surface area contributed by atoms with Gasteiger partial charge in [-0.3, -0.25) is 10.1 Å². The van der Waals surface area contributed by atoms with Crippen LogP contribution in [-0.4, -0.2) is 24.6 Å². The maximum absolute atomic E-state index is 10.9. The maximum Gasteiger partial charge on any atom is 0.270 e. The summed E-state index contributed by atoms with van der Waals surface area (Å²) in [6.07, 6.45) is 2.07. The van der Waals surface area contributed by atoms with Crippen LogP contribution in [0.2, 0.25) is 0 Å². The Morgan fingerprint density at radius 2 is 2.08 bits per heavy atom. The Balaban J connectivity index is 1.69. The average molecular weight is 337 g/mol. The first-order valence-corrected chi connectivity index (χ1v) is 8.28. The Morgan fingerprint density at radius 3 is 2.80 bits per heavy atom. The van der Waals surface area contributed by atoms with Gasteiger partial charge in [0.1, 0.15) is 11.8 Å². The fraction of sp³-hybridized carbons (Fsp3) is 0.316. The normalized spacial score (nSPS) is 16.9. The summed E-state index contributed by atoms with van der Waals surface area (Å²) in [5.41, 5.74) is 1.05. The summed E-state index contributed by atoms with van der Waals surface area (Å²) in [6.45, 7) is 2.24. The number of nitro groups is 1. The van der Waals surface area contributed by atoms with Gasteiger partial charge in [0, 0.05) is 31.1 Å². The summed E-state index contributed by atoms with van der Waals surface area (Å²) >= 11 is 0. The number of hydrogen-bond acceptors (Lipinski definition) is 5. The van der Waals surface area contributed by atoms with E-state index >= 15 is 0 Å². The predicted octanol–water partition coefficient (Wildman–Crippen LogP) is 3.76. The van der Waals surface area contributed by atoms with E-state index in [1.54, 1.807) is 6.07 Å². The van der Waals surface area contributed by atoms with E-state index in [2.05, 4.69) is 11.0 Å². The van der Waals surface area contributed by atoms with Gasteiger partial charge < -0.3 is 9.64 Å². The number of hydrogen-bond donors (Lipinski definition) is 0. The van der Waals surface area contributed by atoms with Crippen molar-refractivity contribution in [3.63, 3.8) is 0 Å². The van der Waals surface area contributed by atoms with Gasteiger partial charge in [-0.05, 0) is 31.0 Å². The highest BCUT2D eigenvalue weighted by molar-refractivity contribution is 5.63. The topological polar surface area (TPSA) is 79.4 Å². The monoisotopic (exact) mass is 337 g/mol. The Bertz CT molecular complexity index is 786. The number of rotatable bonds is 5. The SMILES string of the molecule is N#Cc1cc([N+](=O)[O-])ccc1N1CCCC(COc2ccccc2)C1. The summed E-state index contributed by atoms with van der Waals surface area (Å²) in [6, 6.07) is 16.3. The zero-order valence-electron chi connectivity index (χ0n) is 13.8. The molecule has 6 heteroatoms. The van der Waals surface area contributed by atoms with Crippen molar-refractivity contribution >= 4 is 11.4 Å². The Labute approximate surface area is 146 Å². The lowest BCUT2D eigenvalue weighted by Gasteiger charge is -2.34. The molecule has 2 aromatic rings. The largest absolute Gasteiger partial charge is 0.493 e. The van der Waals surface area contributed by atoms with Crippen LogP contribution in [0.15, 0.2) is 48.5 Å². The van der Waals surface area contributed by atoms with Crippen molar-refractivity contribution in [1.29, 1.82) is 5.26 Å². The molecule has 6 nitrogen and oxygen atoms in total. The summed E-state index contributed by atoms with van der Waals surface area (Å²) in [5, 5.41) is 20.2. The number of para-hydroxylation sites is 1. The van der Waals surface area contributed by atoms with Crippen molar-refractivity contribution in [2.75, 3.05) is 24.6 Å². The summed E-state index contributed by atoms with van der Waals surface area (Å²) in [4.78, 5) is 12.5. The highest BCUT2D eigenvalue weighted by Crippen LogP contribution is 2.29. The molecule has 0 aromatic heterocycles. The zero-order chi connectivity index (χ0) is 17.6. The molecule has 0 spiro atoms. The van der Waals surface area contributed by atoms with Gasteiger partial charge in [-0.15, -0.1) is 0 Å². The summed E-state index contributed by atoms with van der Waals surface area (Å²) < 4.78 is 5.86. The van der Waals surface area contributed by atoms with Gasteiger partial charge in [0.15, 0.2) is 0 Å². The molecule has 1 unspecified atom stereocenters. The maximum atomic E-state index is 10.9. The van der Waals surface area contributed by atoms with Crippen LogP contribution in [0.3, 0.4) is 0 Å². The summed E-state index contributed by atoms with van der Waals surface area (Å²) in [5.74, 6) is 1.21. The smallest absolute Gasteiger partial charge is 0.270 e. The molecule has 0 radical (unpaired) electrons. The van der Waals surface area contributed by atoms with Crippen molar-refractivity contribution in [2.45, 2.75) is 12.8 Å². The first-order valence-electron chi connectivity index (χ1n) is 8.28. The molecule has 1 saturated heterocycles. The first-order chi connectivity index (χ1) is 12.2. The van der Waals surface area contributed by atoms with Gasteiger partial charge in [0.05, 0.1) is 22.8 Å². The van der Waals surface area contributed by atoms with Crippen molar-refractivity contribution < 1.29 is 9.66 Å². The average Bonchev–Trinajstić information content (AvgIpc) is 2.67. The number of anilines is 1. The molecule has 1 aliphatic rings. The third kappa shape index (κ3) is 4.07. The zero-order valence-corrected chi connectivity index (χ0v) is 13.8. The number of nitrogens with zero attached hydrogens (tertiary/aromatic N) is 3. The number of benzene rings is 2. The van der Waals surface area contributed by atoms with Gasteiger partial charge in [-0.2, -0.15) is 5.26 Å².